The Morgan fingerprint density at radius 1 is 1.73 bits per heavy atom. The SMILES string of the molecule is CCC(COC)NC(=O)c1sccc1Br. The first kappa shape index (κ1) is 12.7. The Labute approximate surface area is 102 Å². The van der Waals surface area contributed by atoms with Crippen LogP contribution in [-0.2, 0) is 4.74 Å². The van der Waals surface area contributed by atoms with Crippen LogP contribution in [0.1, 0.15) is 23.0 Å². The average Bonchev–Trinajstić information content (AvgIpc) is 2.63. The summed E-state index contributed by atoms with van der Waals surface area (Å²) in [5.41, 5.74) is 0. The number of rotatable bonds is 5. The van der Waals surface area contributed by atoms with Gasteiger partial charge in [-0.2, -0.15) is 0 Å². The highest BCUT2D eigenvalue weighted by atomic mass is 79.9. The summed E-state index contributed by atoms with van der Waals surface area (Å²) >= 11 is 4.76. The summed E-state index contributed by atoms with van der Waals surface area (Å²) in [7, 11) is 1.63. The summed E-state index contributed by atoms with van der Waals surface area (Å²) in [6.45, 7) is 2.57. The van der Waals surface area contributed by atoms with E-state index in [1.54, 1.807) is 7.11 Å². The van der Waals surface area contributed by atoms with Crippen LogP contribution < -0.4 is 5.32 Å². The second-order valence-electron chi connectivity index (χ2n) is 3.13. The lowest BCUT2D eigenvalue weighted by molar-refractivity contribution is 0.0898. The van der Waals surface area contributed by atoms with Crippen molar-refractivity contribution >= 4 is 33.2 Å². The smallest absolute Gasteiger partial charge is 0.262 e. The summed E-state index contributed by atoms with van der Waals surface area (Å²) in [6.07, 6.45) is 0.864. The molecule has 0 aromatic carbocycles. The number of hydrogen-bond donors (Lipinski definition) is 1. The van der Waals surface area contributed by atoms with Gasteiger partial charge in [-0.05, 0) is 33.8 Å². The zero-order valence-electron chi connectivity index (χ0n) is 8.75. The van der Waals surface area contributed by atoms with Gasteiger partial charge in [0.15, 0.2) is 0 Å². The minimum atomic E-state index is -0.0409. The maximum atomic E-state index is 11.8. The molecule has 1 amide bonds. The monoisotopic (exact) mass is 291 g/mol. The standard InChI is InChI=1S/C10H14BrNO2S/c1-3-7(6-14-2)12-10(13)9-8(11)4-5-15-9/h4-5,7H,3,6H2,1-2H3,(H,12,13). The molecule has 1 heterocycles. The Morgan fingerprint density at radius 2 is 2.47 bits per heavy atom. The second-order valence-corrected chi connectivity index (χ2v) is 4.90. The van der Waals surface area contributed by atoms with Gasteiger partial charge in [0, 0.05) is 11.6 Å². The molecule has 0 spiro atoms. The van der Waals surface area contributed by atoms with Crippen molar-refractivity contribution in [1.29, 1.82) is 0 Å². The van der Waals surface area contributed by atoms with Gasteiger partial charge in [0.25, 0.3) is 5.91 Å². The second kappa shape index (κ2) is 6.25. The van der Waals surface area contributed by atoms with Crippen molar-refractivity contribution in [1.82, 2.24) is 5.32 Å². The molecule has 0 saturated carbocycles. The van der Waals surface area contributed by atoms with E-state index in [1.165, 1.54) is 11.3 Å². The molecule has 1 N–H and O–H groups in total. The summed E-state index contributed by atoms with van der Waals surface area (Å²) in [5.74, 6) is -0.0409. The van der Waals surface area contributed by atoms with Crippen LogP contribution in [0, 0.1) is 0 Å². The normalized spacial score (nSPS) is 12.5. The molecule has 0 aliphatic rings. The summed E-state index contributed by atoms with van der Waals surface area (Å²) < 4.78 is 5.86. The van der Waals surface area contributed by atoms with Gasteiger partial charge < -0.3 is 10.1 Å². The molecule has 1 atom stereocenters. The van der Waals surface area contributed by atoms with Crippen molar-refractivity contribution in [2.45, 2.75) is 19.4 Å². The van der Waals surface area contributed by atoms with Crippen LogP contribution >= 0.6 is 27.3 Å². The van der Waals surface area contributed by atoms with E-state index in [1.807, 2.05) is 18.4 Å². The molecular weight excluding hydrogens is 278 g/mol. The van der Waals surface area contributed by atoms with Gasteiger partial charge >= 0.3 is 0 Å². The molecule has 1 aromatic rings. The quantitative estimate of drug-likeness (QED) is 0.906. The molecule has 1 rings (SSSR count). The fraction of sp³-hybridized carbons (Fsp3) is 0.500. The molecule has 84 valence electrons. The zero-order valence-corrected chi connectivity index (χ0v) is 11.2. The molecule has 15 heavy (non-hydrogen) atoms. The van der Waals surface area contributed by atoms with E-state index < -0.39 is 0 Å². The average molecular weight is 292 g/mol. The predicted octanol–water partition coefficient (Wildman–Crippen LogP) is 2.67. The molecule has 0 fully saturated rings. The maximum Gasteiger partial charge on any atom is 0.262 e. The third kappa shape index (κ3) is 3.59. The van der Waals surface area contributed by atoms with E-state index in [0.717, 1.165) is 10.9 Å². The number of ether oxygens (including phenoxy) is 1. The number of methoxy groups -OCH3 is 1. The fourth-order valence-electron chi connectivity index (χ4n) is 1.17. The van der Waals surface area contributed by atoms with E-state index >= 15 is 0 Å². The molecule has 0 bridgehead atoms. The van der Waals surface area contributed by atoms with Crippen molar-refractivity contribution in [3.63, 3.8) is 0 Å². The lowest BCUT2D eigenvalue weighted by Crippen LogP contribution is -2.37. The Hall–Kier alpha value is -0.390. The molecule has 0 aliphatic carbocycles. The van der Waals surface area contributed by atoms with Crippen LogP contribution in [0.2, 0.25) is 0 Å². The van der Waals surface area contributed by atoms with Crippen LogP contribution in [0.4, 0.5) is 0 Å². The number of thiophene rings is 1. The van der Waals surface area contributed by atoms with Crippen LogP contribution in [0.15, 0.2) is 15.9 Å². The van der Waals surface area contributed by atoms with Gasteiger partial charge in [0.05, 0.1) is 12.6 Å². The molecule has 0 saturated heterocycles. The minimum Gasteiger partial charge on any atom is -0.383 e. The van der Waals surface area contributed by atoms with Crippen molar-refractivity contribution in [3.8, 4) is 0 Å². The highest BCUT2D eigenvalue weighted by molar-refractivity contribution is 9.10. The number of amides is 1. The maximum absolute atomic E-state index is 11.8. The van der Waals surface area contributed by atoms with Crippen LogP contribution in [0.3, 0.4) is 0 Å². The summed E-state index contributed by atoms with van der Waals surface area (Å²) in [4.78, 5) is 12.5. The van der Waals surface area contributed by atoms with E-state index in [9.17, 15) is 4.79 Å². The lowest BCUT2D eigenvalue weighted by atomic mass is 10.2. The molecule has 3 nitrogen and oxygen atoms in total. The highest BCUT2D eigenvalue weighted by Crippen LogP contribution is 2.22. The molecule has 1 aromatic heterocycles. The number of carbonyl (C=O) groups excluding carboxylic acids is 1. The van der Waals surface area contributed by atoms with Crippen molar-refractivity contribution in [2.24, 2.45) is 0 Å². The van der Waals surface area contributed by atoms with Crippen molar-refractivity contribution in [2.75, 3.05) is 13.7 Å². The molecule has 5 heteroatoms. The zero-order chi connectivity index (χ0) is 11.3. The van der Waals surface area contributed by atoms with Gasteiger partial charge in [-0.15, -0.1) is 11.3 Å². The van der Waals surface area contributed by atoms with E-state index in [-0.39, 0.29) is 11.9 Å². The largest absolute Gasteiger partial charge is 0.383 e. The van der Waals surface area contributed by atoms with E-state index in [0.29, 0.717) is 11.5 Å². The Morgan fingerprint density at radius 3 is 2.93 bits per heavy atom. The topological polar surface area (TPSA) is 38.3 Å². The first-order valence-corrected chi connectivity index (χ1v) is 6.39. The van der Waals surface area contributed by atoms with Crippen molar-refractivity contribution in [3.05, 3.63) is 20.8 Å². The van der Waals surface area contributed by atoms with Gasteiger partial charge in [-0.25, -0.2) is 0 Å². The van der Waals surface area contributed by atoms with Crippen LogP contribution in [0.5, 0.6) is 0 Å². The fourth-order valence-corrected chi connectivity index (χ4v) is 2.62. The van der Waals surface area contributed by atoms with Gasteiger partial charge in [0.2, 0.25) is 0 Å². The Kier molecular flexibility index (Phi) is 5.28. The van der Waals surface area contributed by atoms with Crippen LogP contribution in [0.25, 0.3) is 0 Å². The summed E-state index contributed by atoms with van der Waals surface area (Å²) in [6, 6.07) is 1.95. The predicted molar refractivity (Wildman–Crippen MR) is 65.4 cm³/mol. The third-order valence-corrected chi connectivity index (χ3v) is 3.86. The molecular formula is C10H14BrNO2S. The van der Waals surface area contributed by atoms with Crippen LogP contribution in [-0.4, -0.2) is 25.7 Å². The highest BCUT2D eigenvalue weighted by Gasteiger charge is 2.15. The minimum absolute atomic E-state index is 0.0409. The van der Waals surface area contributed by atoms with E-state index in [2.05, 4.69) is 21.2 Å². The summed E-state index contributed by atoms with van der Waals surface area (Å²) in [5, 5.41) is 4.81. The number of hydrogen-bond acceptors (Lipinski definition) is 3. The molecule has 0 aliphatic heterocycles. The van der Waals surface area contributed by atoms with Gasteiger partial charge in [-0.1, -0.05) is 6.92 Å². The lowest BCUT2D eigenvalue weighted by Gasteiger charge is -2.15. The number of carbonyl (C=O) groups is 1. The third-order valence-electron chi connectivity index (χ3n) is 2.02. The number of halogens is 1. The van der Waals surface area contributed by atoms with Crippen molar-refractivity contribution < 1.29 is 9.53 Å². The van der Waals surface area contributed by atoms with E-state index in [4.69, 9.17) is 4.74 Å². The first-order valence-electron chi connectivity index (χ1n) is 4.71. The van der Waals surface area contributed by atoms with Gasteiger partial charge in [-0.3, -0.25) is 4.79 Å². The Bertz CT molecular complexity index is 327. The molecule has 1 unspecified atom stereocenters. The Balaban J connectivity index is 2.58. The first-order chi connectivity index (χ1) is 7.19. The number of nitrogens with one attached hydrogen (secondary N) is 1. The van der Waals surface area contributed by atoms with Gasteiger partial charge in [0.1, 0.15) is 4.88 Å². The molecule has 0 radical (unpaired) electrons.